The Morgan fingerprint density at radius 2 is 2.11 bits per heavy atom. The van der Waals surface area contributed by atoms with E-state index in [1.165, 1.54) is 0 Å². The van der Waals surface area contributed by atoms with Gasteiger partial charge >= 0.3 is 0 Å². The highest BCUT2D eigenvalue weighted by molar-refractivity contribution is 7.78. The van der Waals surface area contributed by atoms with Crippen molar-refractivity contribution in [2.75, 3.05) is 0 Å². The molecular formula is C7H7NS. The molecule has 0 aromatic rings. The van der Waals surface area contributed by atoms with Crippen LogP contribution in [0.15, 0.2) is 29.3 Å². The van der Waals surface area contributed by atoms with Crippen molar-refractivity contribution in [3.63, 3.8) is 0 Å². The minimum Gasteiger partial charge on any atom is -0.221 e. The van der Waals surface area contributed by atoms with Crippen molar-refractivity contribution in [2.45, 2.75) is 12.5 Å². The Bertz CT molecular complexity index is 175. The lowest BCUT2D eigenvalue weighted by molar-refractivity contribution is 1.00. The van der Waals surface area contributed by atoms with Crippen LogP contribution in [0.25, 0.3) is 0 Å². The van der Waals surface area contributed by atoms with Crippen LogP contribution in [0.2, 0.25) is 0 Å². The first kappa shape index (κ1) is 6.40. The van der Waals surface area contributed by atoms with E-state index >= 15 is 0 Å². The molecule has 1 rings (SSSR count). The predicted octanol–water partition coefficient (Wildman–Crippen LogP) is 1.97. The third-order valence-electron chi connectivity index (χ3n) is 1.14. The summed E-state index contributed by atoms with van der Waals surface area (Å²) in [5, 5.41) is 2.34. The second kappa shape index (κ2) is 3.33. The maximum absolute atomic E-state index is 4.45. The molecule has 0 heterocycles. The van der Waals surface area contributed by atoms with Crippen LogP contribution in [0, 0.1) is 0 Å². The summed E-state index contributed by atoms with van der Waals surface area (Å²) in [4.78, 5) is 3.87. The summed E-state index contributed by atoms with van der Waals surface area (Å²) >= 11 is 4.45. The summed E-state index contributed by atoms with van der Waals surface area (Å²) in [7, 11) is 0. The average Bonchev–Trinajstić information content (AvgIpc) is 1.91. The summed E-state index contributed by atoms with van der Waals surface area (Å²) in [6, 6.07) is 0.149. The van der Waals surface area contributed by atoms with Crippen molar-refractivity contribution in [3.05, 3.63) is 24.3 Å². The lowest BCUT2D eigenvalue weighted by Crippen LogP contribution is -1.95. The minimum absolute atomic E-state index is 0.149. The van der Waals surface area contributed by atoms with E-state index in [1.807, 2.05) is 12.2 Å². The smallest absolute Gasteiger partial charge is 0.0964 e. The van der Waals surface area contributed by atoms with Gasteiger partial charge in [-0.2, -0.15) is 0 Å². The standard InChI is InChI=1S/C7H7NS/c9-6-8-7-4-2-1-3-5-7/h2-5,7H,1H2. The van der Waals surface area contributed by atoms with Crippen LogP contribution in [-0.4, -0.2) is 11.2 Å². The van der Waals surface area contributed by atoms with E-state index in [0.29, 0.717) is 0 Å². The Morgan fingerprint density at radius 3 is 2.67 bits per heavy atom. The monoisotopic (exact) mass is 137 g/mol. The number of rotatable bonds is 1. The molecule has 0 unspecified atom stereocenters. The Morgan fingerprint density at radius 1 is 1.44 bits per heavy atom. The molecule has 1 aliphatic carbocycles. The van der Waals surface area contributed by atoms with E-state index in [-0.39, 0.29) is 6.04 Å². The average molecular weight is 137 g/mol. The van der Waals surface area contributed by atoms with Crippen molar-refractivity contribution >= 4 is 17.4 Å². The first-order valence-corrected chi connectivity index (χ1v) is 3.24. The number of hydrogen-bond acceptors (Lipinski definition) is 2. The molecule has 0 saturated heterocycles. The van der Waals surface area contributed by atoms with E-state index < -0.39 is 0 Å². The fourth-order valence-corrected chi connectivity index (χ4v) is 0.847. The van der Waals surface area contributed by atoms with Crippen LogP contribution in [0.3, 0.4) is 0 Å². The fourth-order valence-electron chi connectivity index (χ4n) is 0.726. The van der Waals surface area contributed by atoms with Gasteiger partial charge in [0.15, 0.2) is 0 Å². The molecule has 0 aromatic heterocycles. The molecule has 0 atom stereocenters. The first-order valence-electron chi connectivity index (χ1n) is 2.84. The van der Waals surface area contributed by atoms with E-state index in [9.17, 15) is 0 Å². The van der Waals surface area contributed by atoms with Gasteiger partial charge in [-0.3, -0.25) is 0 Å². The Hall–Kier alpha value is -0.720. The van der Waals surface area contributed by atoms with Gasteiger partial charge in [-0.05, 0) is 18.6 Å². The molecule has 0 spiro atoms. The molecule has 0 aromatic carbocycles. The Balaban J connectivity index is 2.59. The van der Waals surface area contributed by atoms with Gasteiger partial charge in [0.05, 0.1) is 11.2 Å². The molecular weight excluding hydrogens is 130 g/mol. The van der Waals surface area contributed by atoms with Crippen LogP contribution in [-0.2, 0) is 0 Å². The van der Waals surface area contributed by atoms with Crippen LogP contribution in [0.5, 0.6) is 0 Å². The quantitative estimate of drug-likeness (QED) is 0.306. The lowest BCUT2D eigenvalue weighted by Gasteiger charge is -2.00. The zero-order valence-electron chi connectivity index (χ0n) is 4.95. The molecule has 9 heavy (non-hydrogen) atoms. The van der Waals surface area contributed by atoms with E-state index in [2.05, 4.69) is 34.5 Å². The molecule has 2 heteroatoms. The zero-order valence-corrected chi connectivity index (χ0v) is 5.77. The van der Waals surface area contributed by atoms with Crippen molar-refractivity contribution < 1.29 is 0 Å². The highest BCUT2D eigenvalue weighted by Crippen LogP contribution is 2.03. The number of hydrogen-bond donors (Lipinski definition) is 0. The van der Waals surface area contributed by atoms with Gasteiger partial charge in [0.1, 0.15) is 0 Å². The first-order chi connectivity index (χ1) is 4.43. The van der Waals surface area contributed by atoms with Crippen LogP contribution in [0.1, 0.15) is 6.42 Å². The fraction of sp³-hybridized carbons (Fsp3) is 0.286. The number of aliphatic imine (C=N–C) groups is 1. The molecule has 1 aliphatic rings. The van der Waals surface area contributed by atoms with Crippen molar-refractivity contribution in [1.29, 1.82) is 0 Å². The van der Waals surface area contributed by atoms with Gasteiger partial charge in [0, 0.05) is 0 Å². The third kappa shape index (κ3) is 1.92. The van der Waals surface area contributed by atoms with Gasteiger partial charge < -0.3 is 0 Å². The van der Waals surface area contributed by atoms with Gasteiger partial charge in [-0.1, -0.05) is 24.3 Å². The summed E-state index contributed by atoms with van der Waals surface area (Å²) in [6.07, 6.45) is 9.18. The molecule has 46 valence electrons. The van der Waals surface area contributed by atoms with Crippen molar-refractivity contribution in [3.8, 4) is 0 Å². The summed E-state index contributed by atoms with van der Waals surface area (Å²) in [5.41, 5.74) is 0. The van der Waals surface area contributed by atoms with Gasteiger partial charge in [-0.25, -0.2) is 4.99 Å². The summed E-state index contributed by atoms with van der Waals surface area (Å²) in [5.74, 6) is 0. The molecule has 0 fully saturated rings. The lowest BCUT2D eigenvalue weighted by atomic mass is 10.1. The van der Waals surface area contributed by atoms with Crippen molar-refractivity contribution in [1.82, 2.24) is 0 Å². The highest BCUT2D eigenvalue weighted by Gasteiger charge is 1.95. The second-order valence-electron chi connectivity index (χ2n) is 1.80. The minimum atomic E-state index is 0.149. The zero-order chi connectivity index (χ0) is 6.53. The topological polar surface area (TPSA) is 12.4 Å². The van der Waals surface area contributed by atoms with Gasteiger partial charge in [0.2, 0.25) is 0 Å². The third-order valence-corrected chi connectivity index (χ3v) is 1.25. The Kier molecular flexibility index (Phi) is 2.37. The van der Waals surface area contributed by atoms with E-state index in [0.717, 1.165) is 6.42 Å². The number of thiocarbonyl (C=S) groups is 1. The molecule has 0 radical (unpaired) electrons. The maximum Gasteiger partial charge on any atom is 0.0964 e. The van der Waals surface area contributed by atoms with Crippen LogP contribution >= 0.6 is 12.2 Å². The van der Waals surface area contributed by atoms with E-state index in [4.69, 9.17) is 0 Å². The highest BCUT2D eigenvalue weighted by atomic mass is 32.1. The normalized spacial score (nSPS) is 17.3. The SMILES string of the molecule is S=C=NC1C=CCC=C1. The maximum atomic E-state index is 4.45. The summed E-state index contributed by atoms with van der Waals surface area (Å²) < 4.78 is 0. The van der Waals surface area contributed by atoms with Gasteiger partial charge in [-0.15, -0.1) is 0 Å². The number of nitrogens with zero attached hydrogens (tertiary/aromatic N) is 1. The molecule has 1 nitrogen and oxygen atoms in total. The molecule has 0 bridgehead atoms. The predicted molar refractivity (Wildman–Crippen MR) is 41.7 cm³/mol. The Labute approximate surface area is 59.8 Å². The molecule has 0 saturated carbocycles. The number of isothiocyanates is 1. The summed E-state index contributed by atoms with van der Waals surface area (Å²) in [6.45, 7) is 0. The molecule has 0 aliphatic heterocycles. The van der Waals surface area contributed by atoms with Crippen LogP contribution in [0.4, 0.5) is 0 Å². The largest absolute Gasteiger partial charge is 0.221 e. The second-order valence-corrected chi connectivity index (χ2v) is 1.99. The van der Waals surface area contributed by atoms with E-state index in [1.54, 1.807) is 0 Å². The van der Waals surface area contributed by atoms with Crippen molar-refractivity contribution in [2.24, 2.45) is 4.99 Å². The molecule has 0 N–H and O–H groups in total. The number of allylic oxidation sites excluding steroid dienone is 2. The molecule has 0 amide bonds. The van der Waals surface area contributed by atoms with Gasteiger partial charge in [0.25, 0.3) is 0 Å². The van der Waals surface area contributed by atoms with Crippen LogP contribution < -0.4 is 0 Å².